The van der Waals surface area contributed by atoms with Crippen molar-refractivity contribution in [2.24, 2.45) is 5.41 Å². The molecular weight excluding hydrogens is 272 g/mol. The molecule has 2 atom stereocenters. The number of rotatable bonds is 6. The largest absolute Gasteiger partial charge is 0.391 e. The van der Waals surface area contributed by atoms with Crippen LogP contribution in [-0.2, 0) is 14.3 Å². The lowest BCUT2D eigenvalue weighted by Gasteiger charge is -2.30. The topological polar surface area (TPSA) is 78.9 Å². The Kier molecular flexibility index (Phi) is 6.61. The Hall–Kier alpha value is -1.14. The standard InChI is InChI=1S/C15H28N2O4/c1-15(2,3)14(20)17-9-5-6-12(17)13(19)16-8-7-11(18)10-21-4/h11-12,18H,5-10H2,1-4H3,(H,16,19). The van der Waals surface area contributed by atoms with E-state index in [0.717, 1.165) is 6.42 Å². The summed E-state index contributed by atoms with van der Waals surface area (Å²) >= 11 is 0. The monoisotopic (exact) mass is 300 g/mol. The second-order valence-electron chi connectivity index (χ2n) is 6.60. The predicted octanol–water partition coefficient (Wildman–Crippen LogP) is 0.537. The van der Waals surface area contributed by atoms with Gasteiger partial charge in [-0.2, -0.15) is 0 Å². The molecule has 1 aliphatic rings. The molecule has 0 aromatic rings. The number of hydrogen-bond donors (Lipinski definition) is 2. The molecule has 1 heterocycles. The summed E-state index contributed by atoms with van der Waals surface area (Å²) in [5.74, 6) is -0.116. The summed E-state index contributed by atoms with van der Waals surface area (Å²) in [6.07, 6.45) is 1.42. The molecule has 0 saturated carbocycles. The van der Waals surface area contributed by atoms with Gasteiger partial charge in [-0.3, -0.25) is 9.59 Å². The molecule has 0 aromatic heterocycles. The Morgan fingerprint density at radius 3 is 2.67 bits per heavy atom. The first-order valence-corrected chi connectivity index (χ1v) is 7.53. The van der Waals surface area contributed by atoms with Crippen LogP contribution in [0.3, 0.4) is 0 Å². The van der Waals surface area contributed by atoms with E-state index in [0.29, 0.717) is 25.9 Å². The number of methoxy groups -OCH3 is 1. The van der Waals surface area contributed by atoms with Crippen LogP contribution in [0.1, 0.15) is 40.0 Å². The highest BCUT2D eigenvalue weighted by molar-refractivity contribution is 5.90. The third-order valence-corrected chi connectivity index (χ3v) is 3.59. The first-order chi connectivity index (χ1) is 9.77. The molecule has 0 aromatic carbocycles. The first-order valence-electron chi connectivity index (χ1n) is 7.53. The molecule has 1 saturated heterocycles. The number of hydrogen-bond acceptors (Lipinski definition) is 4. The Morgan fingerprint density at radius 1 is 1.43 bits per heavy atom. The van der Waals surface area contributed by atoms with E-state index in [-0.39, 0.29) is 24.5 Å². The van der Waals surface area contributed by atoms with Gasteiger partial charge < -0.3 is 20.1 Å². The lowest BCUT2D eigenvalue weighted by atomic mass is 9.94. The van der Waals surface area contributed by atoms with Gasteiger partial charge in [-0.15, -0.1) is 0 Å². The van der Waals surface area contributed by atoms with Gasteiger partial charge in [-0.05, 0) is 19.3 Å². The number of carbonyl (C=O) groups excluding carboxylic acids is 2. The Bertz CT molecular complexity index is 365. The summed E-state index contributed by atoms with van der Waals surface area (Å²) in [7, 11) is 1.52. The fourth-order valence-corrected chi connectivity index (χ4v) is 2.47. The highest BCUT2D eigenvalue weighted by atomic mass is 16.5. The summed E-state index contributed by atoms with van der Waals surface area (Å²) in [5, 5.41) is 12.3. The van der Waals surface area contributed by atoms with E-state index in [2.05, 4.69) is 5.32 Å². The lowest BCUT2D eigenvalue weighted by molar-refractivity contribution is -0.144. The highest BCUT2D eigenvalue weighted by Gasteiger charge is 2.38. The zero-order valence-corrected chi connectivity index (χ0v) is 13.5. The normalized spacial score (nSPS) is 20.4. The molecular formula is C15H28N2O4. The summed E-state index contributed by atoms with van der Waals surface area (Å²) in [4.78, 5) is 26.2. The minimum absolute atomic E-state index is 0.0135. The maximum atomic E-state index is 12.3. The van der Waals surface area contributed by atoms with Crippen LogP contribution >= 0.6 is 0 Å². The van der Waals surface area contributed by atoms with Crippen LogP contribution in [0.25, 0.3) is 0 Å². The van der Waals surface area contributed by atoms with Crippen LogP contribution < -0.4 is 5.32 Å². The van der Waals surface area contributed by atoms with Crippen molar-refractivity contribution in [2.75, 3.05) is 26.8 Å². The number of nitrogens with one attached hydrogen (secondary N) is 1. The minimum atomic E-state index is -0.578. The third kappa shape index (κ3) is 5.28. The number of amides is 2. The van der Waals surface area contributed by atoms with Gasteiger partial charge in [-0.25, -0.2) is 0 Å². The van der Waals surface area contributed by atoms with Crippen molar-refractivity contribution in [1.82, 2.24) is 10.2 Å². The van der Waals surface area contributed by atoms with E-state index >= 15 is 0 Å². The van der Waals surface area contributed by atoms with E-state index in [4.69, 9.17) is 4.74 Å². The Balaban J connectivity index is 2.47. The molecule has 2 unspecified atom stereocenters. The molecule has 0 aliphatic carbocycles. The van der Waals surface area contributed by atoms with Crippen molar-refractivity contribution >= 4 is 11.8 Å². The number of aliphatic hydroxyl groups excluding tert-OH is 1. The number of likely N-dealkylation sites (tertiary alicyclic amines) is 1. The summed E-state index contributed by atoms with van der Waals surface area (Å²) < 4.78 is 4.83. The molecule has 0 spiro atoms. The first kappa shape index (κ1) is 17.9. The van der Waals surface area contributed by atoms with E-state index < -0.39 is 11.5 Å². The van der Waals surface area contributed by atoms with Crippen molar-refractivity contribution in [1.29, 1.82) is 0 Å². The number of ether oxygens (including phenoxy) is 1. The van der Waals surface area contributed by atoms with Crippen molar-refractivity contribution in [3.63, 3.8) is 0 Å². The molecule has 1 rings (SSSR count). The quantitative estimate of drug-likeness (QED) is 0.750. The van der Waals surface area contributed by atoms with Crippen LogP contribution in [0.4, 0.5) is 0 Å². The van der Waals surface area contributed by atoms with Gasteiger partial charge in [0.05, 0.1) is 12.7 Å². The Morgan fingerprint density at radius 2 is 2.10 bits per heavy atom. The average Bonchev–Trinajstić information content (AvgIpc) is 2.85. The zero-order valence-electron chi connectivity index (χ0n) is 13.5. The molecule has 0 radical (unpaired) electrons. The van der Waals surface area contributed by atoms with Crippen molar-refractivity contribution in [2.45, 2.75) is 52.2 Å². The molecule has 122 valence electrons. The Labute approximate surface area is 126 Å². The highest BCUT2D eigenvalue weighted by Crippen LogP contribution is 2.25. The minimum Gasteiger partial charge on any atom is -0.391 e. The van der Waals surface area contributed by atoms with Gasteiger partial charge in [0.15, 0.2) is 0 Å². The van der Waals surface area contributed by atoms with Crippen LogP contribution in [0.15, 0.2) is 0 Å². The van der Waals surface area contributed by atoms with E-state index in [1.165, 1.54) is 7.11 Å². The van der Waals surface area contributed by atoms with E-state index in [1.807, 2.05) is 20.8 Å². The summed E-state index contributed by atoms with van der Waals surface area (Å²) in [5.41, 5.74) is -0.475. The van der Waals surface area contributed by atoms with Crippen LogP contribution in [-0.4, -0.2) is 60.8 Å². The van der Waals surface area contributed by atoms with Gasteiger partial charge in [0.2, 0.25) is 11.8 Å². The fraction of sp³-hybridized carbons (Fsp3) is 0.867. The molecule has 1 aliphatic heterocycles. The van der Waals surface area contributed by atoms with Crippen molar-refractivity contribution in [3.8, 4) is 0 Å². The zero-order chi connectivity index (χ0) is 16.0. The van der Waals surface area contributed by atoms with Crippen LogP contribution in [0.5, 0.6) is 0 Å². The van der Waals surface area contributed by atoms with Gasteiger partial charge in [0, 0.05) is 25.6 Å². The molecule has 2 amide bonds. The molecule has 2 N–H and O–H groups in total. The van der Waals surface area contributed by atoms with Crippen molar-refractivity contribution in [3.05, 3.63) is 0 Å². The summed E-state index contributed by atoms with van der Waals surface area (Å²) in [6, 6.07) is -0.378. The maximum absolute atomic E-state index is 12.3. The second kappa shape index (κ2) is 7.75. The van der Waals surface area contributed by atoms with E-state index in [9.17, 15) is 14.7 Å². The van der Waals surface area contributed by atoms with Crippen LogP contribution in [0.2, 0.25) is 0 Å². The number of carbonyl (C=O) groups is 2. The molecule has 0 bridgehead atoms. The van der Waals surface area contributed by atoms with Crippen LogP contribution in [0, 0.1) is 5.41 Å². The lowest BCUT2D eigenvalue weighted by Crippen LogP contribution is -2.49. The molecule has 21 heavy (non-hydrogen) atoms. The number of nitrogens with zero attached hydrogens (tertiary/aromatic N) is 1. The number of aliphatic hydroxyl groups is 1. The van der Waals surface area contributed by atoms with Gasteiger partial charge >= 0.3 is 0 Å². The smallest absolute Gasteiger partial charge is 0.242 e. The second-order valence-corrected chi connectivity index (χ2v) is 6.60. The van der Waals surface area contributed by atoms with Gasteiger partial charge in [0.25, 0.3) is 0 Å². The third-order valence-electron chi connectivity index (χ3n) is 3.59. The maximum Gasteiger partial charge on any atom is 0.242 e. The SMILES string of the molecule is COCC(O)CCNC(=O)C1CCCN1C(=O)C(C)(C)C. The summed E-state index contributed by atoms with van der Waals surface area (Å²) in [6.45, 7) is 6.88. The average molecular weight is 300 g/mol. The van der Waals surface area contributed by atoms with Gasteiger partial charge in [-0.1, -0.05) is 20.8 Å². The fourth-order valence-electron chi connectivity index (χ4n) is 2.47. The molecule has 6 heteroatoms. The van der Waals surface area contributed by atoms with Crippen molar-refractivity contribution < 1.29 is 19.4 Å². The predicted molar refractivity (Wildman–Crippen MR) is 79.7 cm³/mol. The molecule has 6 nitrogen and oxygen atoms in total. The van der Waals surface area contributed by atoms with Gasteiger partial charge in [0.1, 0.15) is 6.04 Å². The molecule has 1 fully saturated rings. The van der Waals surface area contributed by atoms with E-state index in [1.54, 1.807) is 4.90 Å².